The van der Waals surface area contributed by atoms with Gasteiger partial charge in [0.25, 0.3) is 0 Å². The summed E-state index contributed by atoms with van der Waals surface area (Å²) in [6.07, 6.45) is 0. The molecule has 1 aromatic carbocycles. The second-order valence-electron chi connectivity index (χ2n) is 6.04. The summed E-state index contributed by atoms with van der Waals surface area (Å²) >= 11 is 0. The quantitative estimate of drug-likeness (QED) is 0.782. The van der Waals surface area contributed by atoms with Gasteiger partial charge in [0.05, 0.1) is 20.3 Å². The molecule has 0 radical (unpaired) electrons. The highest BCUT2D eigenvalue weighted by molar-refractivity contribution is 5.26. The van der Waals surface area contributed by atoms with E-state index in [2.05, 4.69) is 33.0 Å². The first-order valence-electron chi connectivity index (χ1n) is 6.87. The van der Waals surface area contributed by atoms with E-state index in [9.17, 15) is 0 Å². The van der Waals surface area contributed by atoms with Gasteiger partial charge in [-0.3, -0.25) is 0 Å². The predicted octanol–water partition coefficient (Wildman–Crippen LogP) is 3.24. The maximum absolute atomic E-state index is 5.81. The Kier molecular flexibility index (Phi) is 6.32. The zero-order valence-electron chi connectivity index (χ0n) is 12.8. The number of nitrogens with one attached hydrogen (secondary N) is 1. The largest absolute Gasteiger partial charge is 0.497 e. The Morgan fingerprint density at radius 2 is 1.79 bits per heavy atom. The normalized spacial score (nSPS) is 11.9. The van der Waals surface area contributed by atoms with Gasteiger partial charge in [-0.25, -0.2) is 0 Å². The number of rotatable bonds is 8. The Hall–Kier alpha value is -1.06. The highest BCUT2D eigenvalue weighted by Crippen LogP contribution is 2.16. The lowest BCUT2D eigenvalue weighted by molar-refractivity contribution is 0.0504. The molecule has 0 atom stereocenters. The van der Waals surface area contributed by atoms with Gasteiger partial charge < -0.3 is 14.8 Å². The fraction of sp³-hybridized carbons (Fsp3) is 0.625. The predicted molar refractivity (Wildman–Crippen MR) is 79.6 cm³/mol. The van der Waals surface area contributed by atoms with Crippen molar-refractivity contribution >= 4 is 0 Å². The summed E-state index contributed by atoms with van der Waals surface area (Å²) in [6, 6.07) is 8.52. The molecule has 0 aliphatic rings. The van der Waals surface area contributed by atoms with Crippen LogP contribution in [0.15, 0.2) is 24.3 Å². The number of benzene rings is 1. The van der Waals surface area contributed by atoms with Crippen molar-refractivity contribution < 1.29 is 9.47 Å². The molecular weight excluding hydrogens is 238 g/mol. The van der Waals surface area contributed by atoms with Crippen LogP contribution >= 0.6 is 0 Å². The van der Waals surface area contributed by atoms with E-state index >= 15 is 0 Å². The summed E-state index contributed by atoms with van der Waals surface area (Å²) in [6.45, 7) is 11.1. The second-order valence-corrected chi connectivity index (χ2v) is 6.04. The average molecular weight is 265 g/mol. The number of hydrogen-bond acceptors (Lipinski definition) is 3. The summed E-state index contributed by atoms with van der Waals surface area (Å²) in [5, 5.41) is 3.45. The molecule has 0 aliphatic heterocycles. The van der Waals surface area contributed by atoms with Gasteiger partial charge in [-0.15, -0.1) is 0 Å². The molecule has 0 saturated heterocycles. The summed E-state index contributed by atoms with van der Waals surface area (Å²) in [5.41, 5.74) is 1.32. The lowest BCUT2D eigenvalue weighted by Gasteiger charge is -2.26. The highest BCUT2D eigenvalue weighted by Gasteiger charge is 2.18. The van der Waals surface area contributed by atoms with Gasteiger partial charge in [0, 0.05) is 18.0 Å². The molecule has 0 spiro atoms. The summed E-state index contributed by atoms with van der Waals surface area (Å²) in [4.78, 5) is 0. The fourth-order valence-electron chi connectivity index (χ4n) is 1.70. The van der Waals surface area contributed by atoms with Crippen LogP contribution in [0.2, 0.25) is 0 Å². The van der Waals surface area contributed by atoms with Crippen LogP contribution in [-0.4, -0.2) is 26.3 Å². The number of ether oxygens (including phenoxy) is 2. The van der Waals surface area contributed by atoms with Gasteiger partial charge in [0.15, 0.2) is 0 Å². The Balaban J connectivity index is 2.31. The molecule has 0 aromatic heterocycles. The van der Waals surface area contributed by atoms with Crippen molar-refractivity contribution in [2.75, 3.05) is 20.3 Å². The van der Waals surface area contributed by atoms with E-state index in [1.807, 2.05) is 24.3 Å². The molecule has 0 saturated carbocycles. The Morgan fingerprint density at radius 1 is 1.16 bits per heavy atom. The van der Waals surface area contributed by atoms with Crippen LogP contribution in [0.4, 0.5) is 0 Å². The molecule has 0 aliphatic carbocycles. The van der Waals surface area contributed by atoms with Gasteiger partial charge in [-0.05, 0) is 17.7 Å². The maximum Gasteiger partial charge on any atom is 0.118 e. The van der Waals surface area contributed by atoms with Gasteiger partial charge in [-0.1, -0.05) is 39.8 Å². The number of methoxy groups -OCH3 is 1. The third kappa shape index (κ3) is 6.60. The van der Waals surface area contributed by atoms with Crippen LogP contribution in [0.5, 0.6) is 5.75 Å². The molecule has 0 unspecified atom stereocenters. The molecule has 0 amide bonds. The minimum Gasteiger partial charge on any atom is -0.497 e. The Bertz CT molecular complexity index is 358. The van der Waals surface area contributed by atoms with Crippen LogP contribution in [-0.2, 0) is 11.3 Å². The minimum absolute atomic E-state index is 0.150. The first kappa shape index (κ1) is 16.0. The van der Waals surface area contributed by atoms with Crippen LogP contribution in [0, 0.1) is 5.41 Å². The van der Waals surface area contributed by atoms with E-state index in [0.717, 1.165) is 18.9 Å². The standard InChI is InChI=1S/C16H27NO2/c1-13(2)17-11-16(3,4)12-19-10-14-6-8-15(18-5)9-7-14/h6-9,13,17H,10-12H2,1-5H3. The molecule has 3 heteroatoms. The third-order valence-electron chi connectivity index (χ3n) is 2.91. The van der Waals surface area contributed by atoms with Crippen molar-refractivity contribution in [3.05, 3.63) is 29.8 Å². The molecule has 0 heterocycles. The summed E-state index contributed by atoms with van der Waals surface area (Å²) < 4.78 is 10.9. The van der Waals surface area contributed by atoms with Crippen LogP contribution in [0.3, 0.4) is 0 Å². The fourth-order valence-corrected chi connectivity index (χ4v) is 1.70. The molecule has 1 aromatic rings. The smallest absolute Gasteiger partial charge is 0.118 e. The molecular formula is C16H27NO2. The van der Waals surface area contributed by atoms with E-state index < -0.39 is 0 Å². The summed E-state index contributed by atoms with van der Waals surface area (Å²) in [7, 11) is 1.68. The van der Waals surface area contributed by atoms with E-state index in [1.165, 1.54) is 5.56 Å². The second kappa shape index (κ2) is 7.51. The van der Waals surface area contributed by atoms with E-state index in [4.69, 9.17) is 9.47 Å². The van der Waals surface area contributed by atoms with Crippen molar-refractivity contribution in [3.63, 3.8) is 0 Å². The zero-order chi connectivity index (χ0) is 14.3. The van der Waals surface area contributed by atoms with Crippen molar-refractivity contribution in [1.29, 1.82) is 0 Å². The first-order chi connectivity index (χ1) is 8.93. The topological polar surface area (TPSA) is 30.5 Å². The van der Waals surface area contributed by atoms with Gasteiger partial charge >= 0.3 is 0 Å². The third-order valence-corrected chi connectivity index (χ3v) is 2.91. The van der Waals surface area contributed by atoms with Crippen LogP contribution in [0.1, 0.15) is 33.3 Å². The zero-order valence-corrected chi connectivity index (χ0v) is 12.8. The molecule has 1 rings (SSSR count). The average Bonchev–Trinajstić information content (AvgIpc) is 2.37. The minimum atomic E-state index is 0.150. The van der Waals surface area contributed by atoms with Crippen LogP contribution in [0.25, 0.3) is 0 Å². The van der Waals surface area contributed by atoms with E-state index in [0.29, 0.717) is 12.6 Å². The van der Waals surface area contributed by atoms with Crippen LogP contribution < -0.4 is 10.1 Å². The first-order valence-corrected chi connectivity index (χ1v) is 6.87. The molecule has 1 N–H and O–H groups in total. The molecule has 108 valence electrons. The molecule has 0 fully saturated rings. The molecule has 3 nitrogen and oxygen atoms in total. The van der Waals surface area contributed by atoms with E-state index in [1.54, 1.807) is 7.11 Å². The highest BCUT2D eigenvalue weighted by atomic mass is 16.5. The SMILES string of the molecule is COc1ccc(COCC(C)(C)CNC(C)C)cc1. The molecule has 19 heavy (non-hydrogen) atoms. The van der Waals surface area contributed by atoms with Crippen molar-refractivity contribution in [3.8, 4) is 5.75 Å². The van der Waals surface area contributed by atoms with Crippen molar-refractivity contribution in [2.45, 2.75) is 40.3 Å². The monoisotopic (exact) mass is 265 g/mol. The van der Waals surface area contributed by atoms with E-state index in [-0.39, 0.29) is 5.41 Å². The van der Waals surface area contributed by atoms with Gasteiger partial charge in [0.1, 0.15) is 5.75 Å². The van der Waals surface area contributed by atoms with Crippen molar-refractivity contribution in [1.82, 2.24) is 5.32 Å². The lowest BCUT2D eigenvalue weighted by atomic mass is 9.94. The molecule has 0 bridgehead atoms. The maximum atomic E-state index is 5.81. The lowest BCUT2D eigenvalue weighted by Crippen LogP contribution is -2.36. The number of hydrogen-bond donors (Lipinski definition) is 1. The van der Waals surface area contributed by atoms with Gasteiger partial charge in [0.2, 0.25) is 0 Å². The van der Waals surface area contributed by atoms with Crippen molar-refractivity contribution in [2.24, 2.45) is 5.41 Å². The Morgan fingerprint density at radius 3 is 2.32 bits per heavy atom. The van der Waals surface area contributed by atoms with Gasteiger partial charge in [-0.2, -0.15) is 0 Å². The summed E-state index contributed by atoms with van der Waals surface area (Å²) in [5.74, 6) is 0.880. The Labute approximate surface area is 117 Å².